The molecule has 2 nitrogen and oxygen atoms in total. The van der Waals surface area contributed by atoms with Crippen molar-refractivity contribution in [3.05, 3.63) is 57.7 Å². The molecule has 1 aromatic carbocycles. The number of furan rings is 1. The minimum atomic E-state index is -0.273. The van der Waals surface area contributed by atoms with Gasteiger partial charge in [-0.05, 0) is 53.0 Å². The quantitative estimate of drug-likeness (QED) is 0.937. The van der Waals surface area contributed by atoms with Crippen molar-refractivity contribution in [1.29, 1.82) is 0 Å². The second-order valence-corrected chi connectivity index (χ2v) is 4.76. The maximum Gasteiger partial charge on any atom is 0.137 e. The van der Waals surface area contributed by atoms with Crippen LogP contribution in [-0.2, 0) is 6.42 Å². The number of hydrogen-bond acceptors (Lipinski definition) is 2. The number of halogens is 2. The fourth-order valence-corrected chi connectivity index (χ4v) is 2.12. The van der Waals surface area contributed by atoms with Crippen LogP contribution in [0.3, 0.4) is 0 Å². The molecule has 0 aliphatic rings. The van der Waals surface area contributed by atoms with Crippen molar-refractivity contribution in [2.75, 3.05) is 0 Å². The zero-order chi connectivity index (χ0) is 12.4. The first kappa shape index (κ1) is 12.3. The van der Waals surface area contributed by atoms with Crippen LogP contribution in [0.5, 0.6) is 0 Å². The van der Waals surface area contributed by atoms with Crippen LogP contribution in [0, 0.1) is 12.7 Å². The maximum atomic E-state index is 13.3. The highest BCUT2D eigenvalue weighted by atomic mass is 79.9. The highest BCUT2D eigenvalue weighted by Crippen LogP contribution is 2.25. The van der Waals surface area contributed by atoms with E-state index in [-0.39, 0.29) is 11.9 Å². The minimum Gasteiger partial charge on any atom is -0.465 e. The summed E-state index contributed by atoms with van der Waals surface area (Å²) in [5.41, 5.74) is 6.86. The van der Waals surface area contributed by atoms with Gasteiger partial charge in [-0.2, -0.15) is 0 Å². The zero-order valence-electron chi connectivity index (χ0n) is 9.41. The van der Waals surface area contributed by atoms with Crippen LogP contribution < -0.4 is 5.73 Å². The van der Waals surface area contributed by atoms with Crippen LogP contribution in [0.2, 0.25) is 0 Å². The van der Waals surface area contributed by atoms with Gasteiger partial charge in [-0.1, -0.05) is 12.1 Å². The SMILES string of the molecule is Cc1ccc(C(N)Cc2cccc(F)c2Br)o1. The van der Waals surface area contributed by atoms with Crippen molar-refractivity contribution in [2.45, 2.75) is 19.4 Å². The molecule has 0 saturated heterocycles. The predicted octanol–water partition coefficient (Wildman–Crippen LogP) is 3.73. The Hall–Kier alpha value is -1.13. The summed E-state index contributed by atoms with van der Waals surface area (Å²) in [5, 5.41) is 0. The van der Waals surface area contributed by atoms with Crippen molar-refractivity contribution in [1.82, 2.24) is 0 Å². The monoisotopic (exact) mass is 297 g/mol. The van der Waals surface area contributed by atoms with Crippen LogP contribution in [0.1, 0.15) is 23.1 Å². The molecule has 0 spiro atoms. The van der Waals surface area contributed by atoms with E-state index in [0.717, 1.165) is 17.1 Å². The van der Waals surface area contributed by atoms with Crippen LogP contribution in [0.25, 0.3) is 0 Å². The number of rotatable bonds is 3. The van der Waals surface area contributed by atoms with Crippen LogP contribution >= 0.6 is 15.9 Å². The smallest absolute Gasteiger partial charge is 0.137 e. The summed E-state index contributed by atoms with van der Waals surface area (Å²) in [7, 11) is 0. The van der Waals surface area contributed by atoms with Gasteiger partial charge in [-0.3, -0.25) is 0 Å². The first-order chi connectivity index (χ1) is 8.08. The van der Waals surface area contributed by atoms with Gasteiger partial charge in [0.05, 0.1) is 10.5 Å². The largest absolute Gasteiger partial charge is 0.465 e. The van der Waals surface area contributed by atoms with Crippen molar-refractivity contribution in [3.8, 4) is 0 Å². The molecule has 0 fully saturated rings. The van der Waals surface area contributed by atoms with Gasteiger partial charge in [0.1, 0.15) is 17.3 Å². The van der Waals surface area contributed by atoms with Crippen LogP contribution in [0.15, 0.2) is 39.2 Å². The van der Waals surface area contributed by atoms with E-state index in [1.54, 1.807) is 6.07 Å². The molecule has 0 radical (unpaired) electrons. The van der Waals surface area contributed by atoms with E-state index >= 15 is 0 Å². The average molecular weight is 298 g/mol. The zero-order valence-corrected chi connectivity index (χ0v) is 11.0. The molecule has 1 unspecified atom stereocenters. The molecule has 17 heavy (non-hydrogen) atoms. The Bertz CT molecular complexity index is 524. The van der Waals surface area contributed by atoms with E-state index in [2.05, 4.69) is 15.9 Å². The first-order valence-electron chi connectivity index (χ1n) is 5.32. The molecule has 0 bridgehead atoms. The third-order valence-electron chi connectivity index (χ3n) is 2.60. The summed E-state index contributed by atoms with van der Waals surface area (Å²) in [6.07, 6.45) is 0.533. The average Bonchev–Trinajstić information content (AvgIpc) is 2.72. The number of nitrogens with two attached hydrogens (primary N) is 1. The molecule has 1 heterocycles. The lowest BCUT2D eigenvalue weighted by atomic mass is 10.0. The lowest BCUT2D eigenvalue weighted by Crippen LogP contribution is -2.13. The standard InChI is InChI=1S/C13H13BrFNO/c1-8-5-6-12(17-8)11(16)7-9-3-2-4-10(15)13(9)14/h2-6,11H,7,16H2,1H3. The Balaban J connectivity index is 2.18. The Morgan fingerprint density at radius 2 is 2.12 bits per heavy atom. The lowest BCUT2D eigenvalue weighted by Gasteiger charge is -2.10. The summed E-state index contributed by atoms with van der Waals surface area (Å²) in [6, 6.07) is 8.40. The molecule has 0 saturated carbocycles. The summed E-state index contributed by atoms with van der Waals surface area (Å²) in [4.78, 5) is 0. The Morgan fingerprint density at radius 3 is 2.76 bits per heavy atom. The Kier molecular flexibility index (Phi) is 3.64. The summed E-state index contributed by atoms with van der Waals surface area (Å²) in [5.74, 6) is 1.28. The van der Waals surface area contributed by atoms with Gasteiger partial charge < -0.3 is 10.2 Å². The van der Waals surface area contributed by atoms with E-state index in [0.29, 0.717) is 10.9 Å². The molecule has 4 heteroatoms. The Morgan fingerprint density at radius 1 is 1.35 bits per heavy atom. The van der Waals surface area contributed by atoms with Gasteiger partial charge in [-0.15, -0.1) is 0 Å². The molecule has 2 aromatic rings. The van der Waals surface area contributed by atoms with Gasteiger partial charge in [0, 0.05) is 0 Å². The van der Waals surface area contributed by atoms with Crippen molar-refractivity contribution >= 4 is 15.9 Å². The van der Waals surface area contributed by atoms with Crippen molar-refractivity contribution in [3.63, 3.8) is 0 Å². The molecule has 0 amide bonds. The van der Waals surface area contributed by atoms with E-state index in [9.17, 15) is 4.39 Å². The molecule has 0 aliphatic heterocycles. The van der Waals surface area contributed by atoms with Gasteiger partial charge >= 0.3 is 0 Å². The van der Waals surface area contributed by atoms with E-state index in [4.69, 9.17) is 10.2 Å². The van der Waals surface area contributed by atoms with E-state index < -0.39 is 0 Å². The second-order valence-electron chi connectivity index (χ2n) is 3.97. The molecule has 90 valence electrons. The molecular weight excluding hydrogens is 285 g/mol. The van der Waals surface area contributed by atoms with E-state index in [1.165, 1.54) is 6.07 Å². The minimum absolute atomic E-state index is 0.262. The summed E-state index contributed by atoms with van der Waals surface area (Å²) >= 11 is 3.23. The highest BCUT2D eigenvalue weighted by Gasteiger charge is 2.14. The third-order valence-corrected chi connectivity index (χ3v) is 3.49. The molecule has 0 aliphatic carbocycles. The van der Waals surface area contributed by atoms with Gasteiger partial charge in [0.2, 0.25) is 0 Å². The number of benzene rings is 1. The number of aryl methyl sites for hydroxylation is 1. The predicted molar refractivity (Wildman–Crippen MR) is 68.2 cm³/mol. The van der Waals surface area contributed by atoms with Gasteiger partial charge in [-0.25, -0.2) is 4.39 Å². The third kappa shape index (κ3) is 2.76. The lowest BCUT2D eigenvalue weighted by molar-refractivity contribution is 0.444. The molecular formula is C13H13BrFNO. The molecule has 2 rings (SSSR count). The summed E-state index contributed by atoms with van der Waals surface area (Å²) < 4.78 is 19.2. The maximum absolute atomic E-state index is 13.3. The van der Waals surface area contributed by atoms with Crippen LogP contribution in [-0.4, -0.2) is 0 Å². The van der Waals surface area contributed by atoms with Gasteiger partial charge in [0.25, 0.3) is 0 Å². The van der Waals surface area contributed by atoms with Crippen molar-refractivity contribution < 1.29 is 8.81 Å². The Labute approximate surface area is 108 Å². The fourth-order valence-electron chi connectivity index (χ4n) is 1.70. The molecule has 1 atom stereocenters. The fraction of sp³-hybridized carbons (Fsp3) is 0.231. The normalized spacial score (nSPS) is 12.7. The van der Waals surface area contributed by atoms with Crippen molar-refractivity contribution in [2.24, 2.45) is 5.73 Å². The van der Waals surface area contributed by atoms with Gasteiger partial charge in [0.15, 0.2) is 0 Å². The molecule has 2 N–H and O–H groups in total. The van der Waals surface area contributed by atoms with E-state index in [1.807, 2.05) is 25.1 Å². The topological polar surface area (TPSA) is 39.2 Å². The first-order valence-corrected chi connectivity index (χ1v) is 6.12. The highest BCUT2D eigenvalue weighted by molar-refractivity contribution is 9.10. The number of hydrogen-bond donors (Lipinski definition) is 1. The summed E-state index contributed by atoms with van der Waals surface area (Å²) in [6.45, 7) is 1.87. The van der Waals surface area contributed by atoms with Crippen LogP contribution in [0.4, 0.5) is 4.39 Å². The molecule has 1 aromatic heterocycles. The second kappa shape index (κ2) is 5.02.